The van der Waals surface area contributed by atoms with Crippen LogP contribution in [-0.4, -0.2) is 34.5 Å². The van der Waals surface area contributed by atoms with Crippen LogP contribution in [0.15, 0.2) is 4.34 Å². The van der Waals surface area contributed by atoms with Gasteiger partial charge in [0.2, 0.25) is 0 Å². The third kappa shape index (κ3) is 3.96. The maximum absolute atomic E-state index is 10.7. The maximum Gasteiger partial charge on any atom is 0.308 e. The van der Waals surface area contributed by atoms with Gasteiger partial charge >= 0.3 is 5.97 Å². The van der Waals surface area contributed by atoms with Crippen LogP contribution in [0.1, 0.15) is 29.8 Å². The molecule has 1 atom stereocenters. The minimum absolute atomic E-state index is 0.0734. The Labute approximate surface area is 115 Å². The zero-order valence-corrected chi connectivity index (χ0v) is 12.0. The molecular formula is C12H17NO3S2. The number of aliphatic carboxylic acids is 1. The second kappa shape index (κ2) is 6.54. The molecule has 0 aliphatic carbocycles. The smallest absolute Gasteiger partial charge is 0.308 e. The first-order chi connectivity index (χ1) is 8.65. The van der Waals surface area contributed by atoms with E-state index in [9.17, 15) is 4.79 Å². The monoisotopic (exact) mass is 287 g/mol. The Bertz CT molecular complexity index is 413. The quantitative estimate of drug-likeness (QED) is 0.844. The van der Waals surface area contributed by atoms with E-state index in [4.69, 9.17) is 9.84 Å². The van der Waals surface area contributed by atoms with Gasteiger partial charge in [-0.15, -0.1) is 11.3 Å². The number of nitrogens with zero attached hydrogens (tertiary/aromatic N) is 1. The second-order valence-electron chi connectivity index (χ2n) is 4.36. The molecule has 0 bridgehead atoms. The van der Waals surface area contributed by atoms with Gasteiger partial charge in [0.05, 0.1) is 18.2 Å². The highest BCUT2D eigenvalue weighted by atomic mass is 32.2. The summed E-state index contributed by atoms with van der Waals surface area (Å²) in [5.41, 5.74) is 0.842. The molecule has 6 heteroatoms. The predicted molar refractivity (Wildman–Crippen MR) is 72.5 cm³/mol. The lowest BCUT2D eigenvalue weighted by Crippen LogP contribution is -2.21. The highest BCUT2D eigenvalue weighted by Gasteiger charge is 2.16. The van der Waals surface area contributed by atoms with Crippen molar-refractivity contribution in [2.75, 3.05) is 12.4 Å². The Morgan fingerprint density at radius 1 is 1.61 bits per heavy atom. The molecule has 1 aromatic rings. The van der Waals surface area contributed by atoms with Gasteiger partial charge in [-0.3, -0.25) is 4.79 Å². The average Bonchev–Trinajstić information content (AvgIpc) is 2.68. The van der Waals surface area contributed by atoms with E-state index in [2.05, 4.69) is 4.98 Å². The van der Waals surface area contributed by atoms with Crippen LogP contribution in [0, 0.1) is 6.92 Å². The van der Waals surface area contributed by atoms with Gasteiger partial charge in [0.25, 0.3) is 0 Å². The number of aromatic nitrogens is 1. The molecule has 1 aliphatic heterocycles. The zero-order chi connectivity index (χ0) is 13.0. The number of thioether (sulfide) groups is 1. The minimum atomic E-state index is -0.797. The molecule has 4 nitrogen and oxygen atoms in total. The van der Waals surface area contributed by atoms with Gasteiger partial charge in [0.15, 0.2) is 0 Å². The summed E-state index contributed by atoms with van der Waals surface area (Å²) < 4.78 is 6.62. The van der Waals surface area contributed by atoms with Crippen LogP contribution in [-0.2, 0) is 16.0 Å². The van der Waals surface area contributed by atoms with E-state index in [-0.39, 0.29) is 6.42 Å². The van der Waals surface area contributed by atoms with Crippen LogP contribution in [0.2, 0.25) is 0 Å². The van der Waals surface area contributed by atoms with Crippen molar-refractivity contribution >= 4 is 29.1 Å². The van der Waals surface area contributed by atoms with Gasteiger partial charge < -0.3 is 9.84 Å². The molecule has 0 aromatic carbocycles. The molecule has 0 radical (unpaired) electrons. The lowest BCUT2D eigenvalue weighted by molar-refractivity contribution is -0.136. The number of aryl methyl sites for hydroxylation is 1. The Hall–Kier alpha value is -0.590. The molecule has 2 heterocycles. The van der Waals surface area contributed by atoms with Crippen molar-refractivity contribution in [2.24, 2.45) is 0 Å². The zero-order valence-electron chi connectivity index (χ0n) is 10.3. The van der Waals surface area contributed by atoms with Crippen LogP contribution in [0.4, 0.5) is 0 Å². The van der Waals surface area contributed by atoms with Gasteiger partial charge in [-0.1, -0.05) is 11.8 Å². The lowest BCUT2D eigenvalue weighted by atomic mass is 10.1. The number of hydrogen-bond acceptors (Lipinski definition) is 5. The SMILES string of the molecule is Cc1nc(SCC2CCCCO2)sc1CC(=O)O. The van der Waals surface area contributed by atoms with E-state index in [1.807, 2.05) is 6.92 Å². The first-order valence-electron chi connectivity index (χ1n) is 6.07. The van der Waals surface area contributed by atoms with Crippen LogP contribution in [0.3, 0.4) is 0 Å². The average molecular weight is 287 g/mol. The van der Waals surface area contributed by atoms with Crippen LogP contribution in [0.25, 0.3) is 0 Å². The highest BCUT2D eigenvalue weighted by molar-refractivity contribution is 8.01. The molecule has 0 amide bonds. The van der Waals surface area contributed by atoms with Crippen molar-refractivity contribution in [2.45, 2.75) is 43.1 Å². The topological polar surface area (TPSA) is 59.4 Å². The van der Waals surface area contributed by atoms with E-state index in [1.165, 1.54) is 24.2 Å². The number of thiazole rings is 1. The fourth-order valence-electron chi connectivity index (χ4n) is 1.87. The normalized spacial score (nSPS) is 19.9. The van der Waals surface area contributed by atoms with Gasteiger partial charge in [-0.05, 0) is 26.2 Å². The lowest BCUT2D eigenvalue weighted by Gasteiger charge is -2.21. The van der Waals surface area contributed by atoms with Crippen LogP contribution >= 0.6 is 23.1 Å². The summed E-state index contributed by atoms with van der Waals surface area (Å²) >= 11 is 3.17. The maximum atomic E-state index is 10.7. The molecule has 1 saturated heterocycles. The van der Waals surface area contributed by atoms with Crippen molar-refractivity contribution in [1.82, 2.24) is 4.98 Å². The molecule has 1 N–H and O–H groups in total. The first-order valence-corrected chi connectivity index (χ1v) is 7.88. The number of ether oxygens (including phenoxy) is 1. The first kappa shape index (κ1) is 13.8. The molecule has 18 heavy (non-hydrogen) atoms. The number of carbonyl (C=O) groups is 1. The highest BCUT2D eigenvalue weighted by Crippen LogP contribution is 2.29. The molecular weight excluding hydrogens is 270 g/mol. The van der Waals surface area contributed by atoms with Gasteiger partial charge in [0.1, 0.15) is 4.34 Å². The standard InChI is InChI=1S/C12H17NO3S2/c1-8-10(6-11(14)15)18-12(13-8)17-7-9-4-2-3-5-16-9/h9H,2-7H2,1H3,(H,14,15). The predicted octanol–water partition coefficient (Wildman–Crippen LogP) is 2.74. The van der Waals surface area contributed by atoms with Crippen molar-refractivity contribution in [3.8, 4) is 0 Å². The molecule has 0 spiro atoms. The summed E-state index contributed by atoms with van der Waals surface area (Å²) in [7, 11) is 0. The summed E-state index contributed by atoms with van der Waals surface area (Å²) in [6, 6.07) is 0. The molecule has 100 valence electrons. The van der Waals surface area contributed by atoms with E-state index in [1.54, 1.807) is 11.8 Å². The Morgan fingerprint density at radius 2 is 2.44 bits per heavy atom. The van der Waals surface area contributed by atoms with Crippen molar-refractivity contribution < 1.29 is 14.6 Å². The number of rotatable bonds is 5. The summed E-state index contributed by atoms with van der Waals surface area (Å²) in [4.78, 5) is 16.0. The molecule has 1 unspecified atom stereocenters. The molecule has 1 fully saturated rings. The second-order valence-corrected chi connectivity index (χ2v) is 6.71. The molecule has 0 saturated carbocycles. The summed E-state index contributed by atoms with van der Waals surface area (Å²) in [6.07, 6.45) is 3.94. The van der Waals surface area contributed by atoms with Gasteiger partial charge in [-0.25, -0.2) is 4.98 Å². The third-order valence-electron chi connectivity index (χ3n) is 2.85. The van der Waals surface area contributed by atoms with Crippen LogP contribution in [0.5, 0.6) is 0 Å². The van der Waals surface area contributed by atoms with Crippen molar-refractivity contribution in [3.05, 3.63) is 10.6 Å². The Balaban J connectivity index is 1.87. The number of carboxylic acids is 1. The van der Waals surface area contributed by atoms with Gasteiger partial charge in [0, 0.05) is 17.2 Å². The van der Waals surface area contributed by atoms with Crippen molar-refractivity contribution in [3.63, 3.8) is 0 Å². The molecule has 2 rings (SSSR count). The largest absolute Gasteiger partial charge is 0.481 e. The minimum Gasteiger partial charge on any atom is -0.481 e. The van der Waals surface area contributed by atoms with Gasteiger partial charge in [-0.2, -0.15) is 0 Å². The Morgan fingerprint density at radius 3 is 3.11 bits per heavy atom. The summed E-state index contributed by atoms with van der Waals surface area (Å²) in [6.45, 7) is 2.74. The molecule has 1 aliphatic rings. The number of hydrogen-bond donors (Lipinski definition) is 1. The Kier molecular flexibility index (Phi) is 5.03. The fraction of sp³-hybridized carbons (Fsp3) is 0.667. The van der Waals surface area contributed by atoms with E-state index >= 15 is 0 Å². The van der Waals surface area contributed by atoms with E-state index < -0.39 is 5.97 Å². The summed E-state index contributed by atoms with van der Waals surface area (Å²) in [5, 5.41) is 8.79. The van der Waals surface area contributed by atoms with E-state index in [0.29, 0.717) is 6.10 Å². The van der Waals surface area contributed by atoms with E-state index in [0.717, 1.165) is 33.7 Å². The van der Waals surface area contributed by atoms with Crippen LogP contribution < -0.4 is 0 Å². The fourth-order valence-corrected chi connectivity index (χ4v) is 4.18. The third-order valence-corrected chi connectivity index (χ3v) is 5.28. The van der Waals surface area contributed by atoms with Crippen molar-refractivity contribution in [1.29, 1.82) is 0 Å². The summed E-state index contributed by atoms with van der Waals surface area (Å²) in [5.74, 6) is 0.119. The number of carboxylic acid groups (broad SMARTS) is 1. The molecule has 1 aromatic heterocycles.